The van der Waals surface area contributed by atoms with E-state index in [-0.39, 0.29) is 22.0 Å². The van der Waals surface area contributed by atoms with Crippen molar-refractivity contribution in [2.75, 3.05) is 10.2 Å². The van der Waals surface area contributed by atoms with Crippen LogP contribution in [0.5, 0.6) is 0 Å². The number of non-ortho nitro benzene ring substituents is 1. The number of sulfonamides is 1. The molecule has 0 aliphatic carbocycles. The minimum absolute atomic E-state index is 0.137. The Balaban J connectivity index is 1.33. The number of nitrogens with two attached hydrogens (primary N) is 1. The van der Waals surface area contributed by atoms with Gasteiger partial charge in [-0.05, 0) is 48.5 Å². The fraction of sp³-hybridized carbons (Fsp3) is 0.154. The van der Waals surface area contributed by atoms with Crippen LogP contribution >= 0.6 is 23.1 Å². The number of nitro benzene ring substituents is 1. The van der Waals surface area contributed by atoms with Crippen molar-refractivity contribution in [3.63, 3.8) is 0 Å². The van der Waals surface area contributed by atoms with Gasteiger partial charge in [-0.1, -0.05) is 23.1 Å². The predicted octanol–water partition coefficient (Wildman–Crippen LogP) is 2.49. The van der Waals surface area contributed by atoms with Gasteiger partial charge < -0.3 is 9.73 Å². The average molecular weight is 642 g/mol. The van der Waals surface area contributed by atoms with E-state index in [2.05, 4.69) is 5.32 Å². The van der Waals surface area contributed by atoms with Gasteiger partial charge in [0.1, 0.15) is 17.6 Å². The van der Waals surface area contributed by atoms with Crippen molar-refractivity contribution in [1.29, 1.82) is 0 Å². The van der Waals surface area contributed by atoms with Gasteiger partial charge in [0, 0.05) is 17.8 Å². The summed E-state index contributed by atoms with van der Waals surface area (Å²) in [6, 6.07) is 13.5. The number of hydrogen-bond donors (Lipinski definition) is 2. The lowest BCUT2D eigenvalue weighted by molar-refractivity contribution is -0.384. The highest BCUT2D eigenvalue weighted by molar-refractivity contribution is 8.00. The predicted molar refractivity (Wildman–Crippen MR) is 154 cm³/mol. The Morgan fingerprint density at radius 2 is 1.74 bits per heavy atom. The van der Waals surface area contributed by atoms with Crippen LogP contribution in [0, 0.1) is 16.0 Å². The number of thioether (sulfide) groups is 1. The molecule has 14 nitrogen and oxygen atoms in total. The third-order valence-corrected chi connectivity index (χ3v) is 10.5. The topological polar surface area (TPSA) is 205 Å². The number of nitrogens with zero attached hydrogens (tertiary/aromatic N) is 3. The van der Waals surface area contributed by atoms with Crippen LogP contribution in [0.2, 0.25) is 0 Å². The van der Waals surface area contributed by atoms with Gasteiger partial charge in [-0.15, -0.1) is 0 Å². The molecule has 3 atom stereocenters. The molecule has 3 N–H and O–H groups in total. The van der Waals surface area contributed by atoms with E-state index >= 15 is 0 Å². The molecule has 0 bridgehead atoms. The van der Waals surface area contributed by atoms with Crippen LogP contribution in [0.1, 0.15) is 16.6 Å². The zero-order chi connectivity index (χ0) is 30.6. The van der Waals surface area contributed by atoms with Gasteiger partial charge in [0.2, 0.25) is 27.7 Å². The smallest absolute Gasteiger partial charge is 0.308 e. The largest absolute Gasteiger partial charge is 0.469 e. The minimum atomic E-state index is -3.92. The summed E-state index contributed by atoms with van der Waals surface area (Å²) in [5.41, 5.74) is 0.237. The van der Waals surface area contributed by atoms with Gasteiger partial charge in [-0.2, -0.15) is 0 Å². The Labute approximate surface area is 250 Å². The molecular formula is C26H19N5O9S3. The van der Waals surface area contributed by atoms with E-state index in [1.807, 2.05) is 0 Å². The van der Waals surface area contributed by atoms with E-state index in [1.54, 1.807) is 12.1 Å². The van der Waals surface area contributed by atoms with E-state index in [4.69, 9.17) is 9.56 Å². The van der Waals surface area contributed by atoms with E-state index in [0.717, 1.165) is 28.0 Å². The molecule has 0 spiro atoms. The molecule has 4 aromatic rings. The highest BCUT2D eigenvalue weighted by atomic mass is 32.2. The van der Waals surface area contributed by atoms with Crippen molar-refractivity contribution >= 4 is 67.9 Å². The summed E-state index contributed by atoms with van der Waals surface area (Å²) < 4.78 is 29.9. The lowest BCUT2D eigenvalue weighted by atomic mass is 9.87. The summed E-state index contributed by atoms with van der Waals surface area (Å²) >= 11 is 1.84. The van der Waals surface area contributed by atoms with Gasteiger partial charge in [-0.3, -0.25) is 33.9 Å². The summed E-state index contributed by atoms with van der Waals surface area (Å²) in [6.45, 7) is -0.426. The normalized spacial score (nSPS) is 19.7. The Bertz CT molecular complexity index is 1950. The maximum absolute atomic E-state index is 13.8. The van der Waals surface area contributed by atoms with Crippen molar-refractivity contribution in [1.82, 2.24) is 4.57 Å². The number of nitro groups is 1. The summed E-state index contributed by atoms with van der Waals surface area (Å²) in [5, 5.41) is 18.2. The molecule has 4 heterocycles. The molecule has 2 aliphatic rings. The molecule has 3 amide bonds. The number of hydrogen-bond acceptors (Lipinski definition) is 11. The van der Waals surface area contributed by atoms with Crippen molar-refractivity contribution in [3.05, 3.63) is 97.3 Å². The summed E-state index contributed by atoms with van der Waals surface area (Å²) in [7, 11) is -3.92. The number of thiazole rings is 1. The monoisotopic (exact) mass is 641 g/mol. The number of nitrogens with one attached hydrogen (secondary N) is 1. The van der Waals surface area contributed by atoms with Crippen LogP contribution in [0.4, 0.5) is 17.1 Å². The number of carbonyl (C=O) groups excluding carboxylic acids is 3. The number of aromatic nitrogens is 1. The van der Waals surface area contributed by atoms with E-state index < -0.39 is 61.2 Å². The molecule has 0 radical (unpaired) electrons. The minimum Gasteiger partial charge on any atom is -0.469 e. The number of fused-ring (bicyclic) bond motifs is 2. The van der Waals surface area contributed by atoms with Gasteiger partial charge in [0.15, 0.2) is 0 Å². The number of primary sulfonamides is 1. The number of rotatable bonds is 7. The number of anilines is 2. The molecule has 43 heavy (non-hydrogen) atoms. The zero-order valence-electron chi connectivity index (χ0n) is 21.6. The van der Waals surface area contributed by atoms with Crippen molar-refractivity contribution < 1.29 is 32.1 Å². The molecule has 0 saturated carbocycles. The zero-order valence-corrected chi connectivity index (χ0v) is 24.1. The molecule has 2 aromatic heterocycles. The van der Waals surface area contributed by atoms with E-state index in [9.17, 15) is 37.7 Å². The van der Waals surface area contributed by atoms with Gasteiger partial charge in [-0.25, -0.2) is 18.5 Å². The molecule has 0 unspecified atom stereocenters. The van der Waals surface area contributed by atoms with Gasteiger partial charge in [0.25, 0.3) is 5.69 Å². The third-order valence-electron chi connectivity index (χ3n) is 6.99. The number of imide groups is 1. The SMILES string of the molecule is NS(=O)(=O)c1ccc(NC(=O)Cn2c3c(sc2=O)[C@@H](c2ccco2)[C@@H]2C(=O)N(c4ccc([N+](=O)[O-])cc4)C(=O)[C@@H]2S3)cc1. The fourth-order valence-electron chi connectivity index (χ4n) is 5.08. The number of amides is 3. The second-order valence-electron chi connectivity index (χ2n) is 9.58. The van der Waals surface area contributed by atoms with E-state index in [0.29, 0.717) is 15.7 Å². The molecule has 1 fully saturated rings. The Morgan fingerprint density at radius 3 is 2.35 bits per heavy atom. The number of benzene rings is 2. The summed E-state index contributed by atoms with van der Waals surface area (Å²) in [4.78, 5) is 64.9. The highest BCUT2D eigenvalue weighted by Crippen LogP contribution is 2.54. The quantitative estimate of drug-likeness (QED) is 0.171. The lowest BCUT2D eigenvalue weighted by Gasteiger charge is -2.29. The lowest BCUT2D eigenvalue weighted by Crippen LogP contribution is -2.32. The first-order valence-corrected chi connectivity index (χ1v) is 15.7. The first-order valence-electron chi connectivity index (χ1n) is 12.4. The summed E-state index contributed by atoms with van der Waals surface area (Å²) in [5.74, 6) is -3.09. The molecular weight excluding hydrogens is 623 g/mol. The molecule has 220 valence electrons. The van der Waals surface area contributed by atoms with Gasteiger partial charge >= 0.3 is 4.87 Å². The molecule has 1 saturated heterocycles. The number of carbonyl (C=O) groups is 3. The third kappa shape index (κ3) is 5.05. The first kappa shape index (κ1) is 28.5. The maximum Gasteiger partial charge on any atom is 0.308 e. The number of furan rings is 1. The first-order chi connectivity index (χ1) is 20.4. The van der Waals surface area contributed by atoms with Gasteiger partial charge in [0.05, 0.1) is 43.5 Å². The van der Waals surface area contributed by atoms with Crippen LogP contribution in [0.3, 0.4) is 0 Å². The van der Waals surface area contributed by atoms with Crippen LogP contribution in [-0.2, 0) is 31.0 Å². The second-order valence-corrected chi connectivity index (χ2v) is 13.3. The standard InChI is InChI=1S/C26H19N5O9S3/c27-43(38,39)16-9-3-13(4-10-16)28-18(32)12-29-25-22(42-26(29)35)19(17-2-1-11-40-17)20-21(41-25)24(34)30(23(20)33)14-5-7-15(8-6-14)31(36)37/h1-11,19-21H,12H2,(H,28,32)(H2,27,38,39)/t19-,20-,21+/m0/s1. The van der Waals surface area contributed by atoms with Crippen molar-refractivity contribution in [2.24, 2.45) is 11.1 Å². The van der Waals surface area contributed by atoms with Crippen LogP contribution in [0.15, 0.2) is 86.1 Å². The molecule has 6 rings (SSSR count). The Kier molecular flexibility index (Phi) is 7.04. The molecule has 2 aromatic carbocycles. The van der Waals surface area contributed by atoms with Crippen LogP contribution in [-0.4, -0.2) is 40.9 Å². The average Bonchev–Trinajstić information content (AvgIpc) is 3.66. The fourth-order valence-corrected chi connectivity index (χ4v) is 8.35. The summed E-state index contributed by atoms with van der Waals surface area (Å²) in [6.07, 6.45) is 1.41. The van der Waals surface area contributed by atoms with Crippen LogP contribution < -0.4 is 20.2 Å². The highest BCUT2D eigenvalue weighted by Gasteiger charge is 2.57. The Morgan fingerprint density at radius 1 is 1.05 bits per heavy atom. The van der Waals surface area contributed by atoms with E-state index in [1.165, 1.54) is 59.4 Å². The van der Waals surface area contributed by atoms with Crippen molar-refractivity contribution in [2.45, 2.75) is 27.6 Å². The second kappa shape index (κ2) is 10.6. The maximum atomic E-state index is 13.8. The molecule has 17 heteroatoms. The van der Waals surface area contributed by atoms with Crippen molar-refractivity contribution in [3.8, 4) is 0 Å². The molecule has 2 aliphatic heterocycles. The Hall–Kier alpha value is -4.58. The van der Waals surface area contributed by atoms with Crippen LogP contribution in [0.25, 0.3) is 0 Å².